The average molecular weight is 512 g/mol. The molecule has 1 saturated heterocycles. The van der Waals surface area contributed by atoms with E-state index in [0.717, 1.165) is 5.56 Å². The van der Waals surface area contributed by atoms with Crippen LogP contribution in [0.2, 0.25) is 0 Å². The number of hydrogen-bond acceptors (Lipinski definition) is 5. The maximum Gasteiger partial charge on any atom is 0.248 e. The second-order valence-corrected chi connectivity index (χ2v) is 10.9. The Morgan fingerprint density at radius 1 is 1.14 bits per heavy atom. The first-order valence-electron chi connectivity index (χ1n) is 12.0. The summed E-state index contributed by atoms with van der Waals surface area (Å²) in [5.41, 5.74) is 1.70. The third-order valence-corrected chi connectivity index (χ3v) is 8.58. The molecule has 0 bridgehead atoms. The maximum absolute atomic E-state index is 14.0. The molecule has 4 rings (SSSR count). The minimum absolute atomic E-state index is 0.0327. The molecule has 2 heterocycles. The van der Waals surface area contributed by atoms with Crippen molar-refractivity contribution < 1.29 is 22.1 Å². The number of piperidine rings is 1. The predicted molar refractivity (Wildman–Crippen MR) is 136 cm³/mol. The van der Waals surface area contributed by atoms with Gasteiger partial charge in [0.25, 0.3) is 0 Å². The molecule has 2 aromatic carbocycles. The normalized spacial score (nSPS) is 16.3. The lowest BCUT2D eigenvalue weighted by molar-refractivity contribution is -0.126. The molecule has 0 saturated carbocycles. The minimum atomic E-state index is -3.91. The molecule has 36 heavy (non-hydrogen) atoms. The van der Waals surface area contributed by atoms with Gasteiger partial charge in [0.1, 0.15) is 11.5 Å². The Labute approximate surface area is 211 Å². The summed E-state index contributed by atoms with van der Waals surface area (Å²) in [5, 5.41) is 6.85. The summed E-state index contributed by atoms with van der Waals surface area (Å²) in [5.74, 6) is -0.491. The quantitative estimate of drug-likeness (QED) is 0.477. The fraction of sp³-hybridized carbons (Fsp3) is 0.333. The SMILES string of the molecule is Cc1noc(/C=C/c2ccccc2F)c1S(=O)(=O)N1CCC(C(=O)NCC(C)c2ccccc2)CC1. The molecule has 3 aromatic rings. The van der Waals surface area contributed by atoms with Crippen LogP contribution in [-0.2, 0) is 14.8 Å². The van der Waals surface area contributed by atoms with Crippen molar-refractivity contribution in [2.45, 2.75) is 37.5 Å². The summed E-state index contributed by atoms with van der Waals surface area (Å²) in [6.07, 6.45) is 3.73. The number of benzene rings is 2. The molecule has 0 radical (unpaired) electrons. The molecule has 1 N–H and O–H groups in total. The van der Waals surface area contributed by atoms with Gasteiger partial charge in [0.2, 0.25) is 15.9 Å². The van der Waals surface area contributed by atoms with Gasteiger partial charge in [-0.15, -0.1) is 0 Å². The van der Waals surface area contributed by atoms with Crippen molar-refractivity contribution in [1.29, 1.82) is 0 Å². The molecule has 1 atom stereocenters. The first kappa shape index (κ1) is 25.8. The average Bonchev–Trinajstić information content (AvgIpc) is 3.28. The van der Waals surface area contributed by atoms with E-state index in [0.29, 0.717) is 24.9 Å². The number of halogens is 1. The second kappa shape index (κ2) is 11.2. The largest absolute Gasteiger partial charge is 0.355 e. The van der Waals surface area contributed by atoms with Crippen LogP contribution in [0.15, 0.2) is 64.0 Å². The zero-order chi connectivity index (χ0) is 25.7. The predicted octanol–water partition coefficient (Wildman–Crippen LogP) is 4.61. The number of amides is 1. The Bertz CT molecular complexity index is 1330. The van der Waals surface area contributed by atoms with Crippen molar-refractivity contribution in [2.75, 3.05) is 19.6 Å². The highest BCUT2D eigenvalue weighted by molar-refractivity contribution is 7.89. The standard InChI is InChI=1S/C27H30FN3O4S/c1-19(21-8-4-3-5-9-21)18-29-27(32)23-14-16-31(17-15-23)36(33,34)26-20(2)30-35-25(26)13-12-22-10-6-7-11-24(22)28/h3-13,19,23H,14-18H2,1-2H3,(H,29,32)/b13-12+. The number of aromatic nitrogens is 1. The Morgan fingerprint density at radius 3 is 2.50 bits per heavy atom. The lowest BCUT2D eigenvalue weighted by atomic mass is 9.96. The smallest absolute Gasteiger partial charge is 0.248 e. The van der Waals surface area contributed by atoms with Gasteiger partial charge in [-0.25, -0.2) is 12.8 Å². The number of hydrogen-bond donors (Lipinski definition) is 1. The topological polar surface area (TPSA) is 92.5 Å². The third kappa shape index (κ3) is 5.74. The molecule has 1 aromatic heterocycles. The molecule has 7 nitrogen and oxygen atoms in total. The van der Waals surface area contributed by atoms with E-state index in [2.05, 4.69) is 17.4 Å². The van der Waals surface area contributed by atoms with E-state index in [1.165, 1.54) is 22.5 Å². The molecule has 190 valence electrons. The number of nitrogens with one attached hydrogen (secondary N) is 1. The Hall–Kier alpha value is -3.30. The van der Waals surface area contributed by atoms with E-state index in [1.807, 2.05) is 30.3 Å². The summed E-state index contributed by atoms with van der Waals surface area (Å²) >= 11 is 0. The number of nitrogens with zero attached hydrogens (tertiary/aromatic N) is 2. The van der Waals surface area contributed by atoms with Gasteiger partial charge in [-0.3, -0.25) is 4.79 Å². The van der Waals surface area contributed by atoms with Crippen LogP contribution in [0.3, 0.4) is 0 Å². The van der Waals surface area contributed by atoms with Gasteiger partial charge in [-0.2, -0.15) is 4.31 Å². The van der Waals surface area contributed by atoms with E-state index in [1.54, 1.807) is 25.1 Å². The van der Waals surface area contributed by atoms with Gasteiger partial charge >= 0.3 is 0 Å². The van der Waals surface area contributed by atoms with Crippen molar-refractivity contribution in [3.8, 4) is 0 Å². The first-order valence-corrected chi connectivity index (χ1v) is 13.4. The zero-order valence-electron chi connectivity index (χ0n) is 20.4. The van der Waals surface area contributed by atoms with Crippen LogP contribution in [0.1, 0.15) is 48.3 Å². The van der Waals surface area contributed by atoms with E-state index < -0.39 is 15.8 Å². The molecular weight excluding hydrogens is 481 g/mol. The van der Waals surface area contributed by atoms with Crippen LogP contribution in [-0.4, -0.2) is 43.4 Å². The van der Waals surface area contributed by atoms with Crippen LogP contribution in [0, 0.1) is 18.7 Å². The summed E-state index contributed by atoms with van der Waals surface area (Å²) in [6, 6.07) is 16.2. The van der Waals surface area contributed by atoms with Crippen LogP contribution in [0.4, 0.5) is 4.39 Å². The maximum atomic E-state index is 14.0. The fourth-order valence-corrected chi connectivity index (χ4v) is 6.08. The molecule has 1 aliphatic rings. The lowest BCUT2D eigenvalue weighted by Crippen LogP contribution is -2.43. The highest BCUT2D eigenvalue weighted by Gasteiger charge is 2.36. The van der Waals surface area contributed by atoms with Crippen LogP contribution in [0.25, 0.3) is 12.2 Å². The van der Waals surface area contributed by atoms with E-state index in [9.17, 15) is 17.6 Å². The Kier molecular flexibility index (Phi) is 8.01. The van der Waals surface area contributed by atoms with E-state index >= 15 is 0 Å². The van der Waals surface area contributed by atoms with Gasteiger partial charge in [-0.1, -0.05) is 60.6 Å². The van der Waals surface area contributed by atoms with E-state index in [-0.39, 0.29) is 47.2 Å². The molecule has 1 amide bonds. The van der Waals surface area contributed by atoms with E-state index in [4.69, 9.17) is 4.52 Å². The van der Waals surface area contributed by atoms with Crippen molar-refractivity contribution in [2.24, 2.45) is 5.92 Å². The number of aryl methyl sites for hydroxylation is 1. The third-order valence-electron chi connectivity index (χ3n) is 6.53. The van der Waals surface area contributed by atoms with Gasteiger partial charge in [0, 0.05) is 31.1 Å². The van der Waals surface area contributed by atoms with Crippen molar-refractivity contribution in [3.63, 3.8) is 0 Å². The van der Waals surface area contributed by atoms with Crippen LogP contribution >= 0.6 is 0 Å². The Morgan fingerprint density at radius 2 is 1.81 bits per heavy atom. The van der Waals surface area contributed by atoms with Crippen LogP contribution in [0.5, 0.6) is 0 Å². The van der Waals surface area contributed by atoms with Crippen molar-refractivity contribution in [1.82, 2.24) is 14.8 Å². The molecule has 1 aliphatic heterocycles. The zero-order valence-corrected chi connectivity index (χ0v) is 21.2. The summed E-state index contributed by atoms with van der Waals surface area (Å²) in [6.45, 7) is 4.58. The van der Waals surface area contributed by atoms with Gasteiger partial charge in [0.05, 0.1) is 0 Å². The summed E-state index contributed by atoms with van der Waals surface area (Å²) in [4.78, 5) is 12.7. The highest BCUT2D eigenvalue weighted by Crippen LogP contribution is 2.29. The second-order valence-electron chi connectivity index (χ2n) is 9.05. The van der Waals surface area contributed by atoms with Crippen LogP contribution < -0.4 is 5.32 Å². The minimum Gasteiger partial charge on any atom is -0.355 e. The van der Waals surface area contributed by atoms with Gasteiger partial charge in [0.15, 0.2) is 10.7 Å². The van der Waals surface area contributed by atoms with Crippen molar-refractivity contribution in [3.05, 3.63) is 83.0 Å². The number of carbonyl (C=O) groups excluding carboxylic acids is 1. The Balaban J connectivity index is 1.39. The molecule has 9 heteroatoms. The number of sulfonamides is 1. The highest BCUT2D eigenvalue weighted by atomic mass is 32.2. The van der Waals surface area contributed by atoms with Crippen molar-refractivity contribution >= 4 is 28.1 Å². The summed E-state index contributed by atoms with van der Waals surface area (Å²) in [7, 11) is -3.91. The lowest BCUT2D eigenvalue weighted by Gasteiger charge is -2.30. The molecule has 0 aliphatic carbocycles. The van der Waals surface area contributed by atoms with Gasteiger partial charge < -0.3 is 9.84 Å². The molecule has 1 fully saturated rings. The monoisotopic (exact) mass is 511 g/mol. The first-order chi connectivity index (χ1) is 17.3. The molecule has 1 unspecified atom stereocenters. The number of carbonyl (C=O) groups is 1. The fourth-order valence-electron chi connectivity index (χ4n) is 4.36. The molecule has 0 spiro atoms. The van der Waals surface area contributed by atoms with Gasteiger partial charge in [-0.05, 0) is 49.5 Å². The number of rotatable bonds is 8. The summed E-state index contributed by atoms with van der Waals surface area (Å²) < 4.78 is 47.4. The molecular formula is C27H30FN3O4S.